The zero-order valence-corrected chi connectivity index (χ0v) is 11.2. The Labute approximate surface area is 92.6 Å². The van der Waals surface area contributed by atoms with E-state index in [1.807, 2.05) is 0 Å². The third-order valence-electron chi connectivity index (χ3n) is 3.19. The van der Waals surface area contributed by atoms with Crippen LogP contribution in [0.4, 0.5) is 0 Å². The first-order chi connectivity index (χ1) is 6.74. The van der Waals surface area contributed by atoms with Crippen molar-refractivity contribution in [1.82, 2.24) is 0 Å². The Hall–Kier alpha value is -0.613. The first-order valence-electron chi connectivity index (χ1n) is 5.24. The molecule has 86 valence electrons. The second-order valence-electron chi connectivity index (χ2n) is 5.40. The van der Waals surface area contributed by atoms with Gasteiger partial charge in [-0.25, -0.2) is 0 Å². The second kappa shape index (κ2) is 4.10. The standard InChI is InChI=1S/C11H20O3Si/c1-11(2,3)15(4,5)14-8-10-9(12)6-7-13-10/h6-7,10H,8H2,1-5H3. The zero-order valence-electron chi connectivity index (χ0n) is 10.2. The summed E-state index contributed by atoms with van der Waals surface area (Å²) in [7, 11) is -1.76. The van der Waals surface area contributed by atoms with Crippen LogP contribution >= 0.6 is 0 Å². The summed E-state index contributed by atoms with van der Waals surface area (Å²) in [4.78, 5) is 11.3. The molecule has 0 saturated heterocycles. The van der Waals surface area contributed by atoms with Crippen LogP contribution in [0.15, 0.2) is 12.3 Å². The van der Waals surface area contributed by atoms with Crippen molar-refractivity contribution in [3.05, 3.63) is 12.3 Å². The predicted octanol–water partition coefficient (Wildman–Crippen LogP) is 2.49. The lowest BCUT2D eigenvalue weighted by atomic mass is 10.2. The highest BCUT2D eigenvalue weighted by Gasteiger charge is 2.38. The minimum atomic E-state index is -1.76. The van der Waals surface area contributed by atoms with Gasteiger partial charge in [0.15, 0.2) is 14.4 Å². The lowest BCUT2D eigenvalue weighted by Gasteiger charge is -2.36. The summed E-state index contributed by atoms with van der Waals surface area (Å²) in [5, 5.41) is 0.169. The van der Waals surface area contributed by atoms with Gasteiger partial charge in [0, 0.05) is 6.08 Å². The van der Waals surface area contributed by atoms with E-state index < -0.39 is 14.4 Å². The molecule has 0 bridgehead atoms. The molecule has 15 heavy (non-hydrogen) atoms. The molecule has 1 atom stereocenters. The lowest BCUT2D eigenvalue weighted by Crippen LogP contribution is -2.43. The van der Waals surface area contributed by atoms with Crippen molar-refractivity contribution in [2.24, 2.45) is 0 Å². The molecule has 0 aromatic carbocycles. The number of carbonyl (C=O) groups excluding carboxylic acids is 1. The molecule has 1 rings (SSSR count). The van der Waals surface area contributed by atoms with Gasteiger partial charge in [-0.2, -0.15) is 0 Å². The molecule has 0 spiro atoms. The van der Waals surface area contributed by atoms with E-state index >= 15 is 0 Å². The molecule has 3 nitrogen and oxygen atoms in total. The molecular weight excluding hydrogens is 208 g/mol. The van der Waals surface area contributed by atoms with Crippen LogP contribution in [0.1, 0.15) is 20.8 Å². The molecule has 0 N–H and O–H groups in total. The van der Waals surface area contributed by atoms with Gasteiger partial charge in [0.2, 0.25) is 5.78 Å². The van der Waals surface area contributed by atoms with Gasteiger partial charge in [-0.1, -0.05) is 20.8 Å². The van der Waals surface area contributed by atoms with E-state index in [9.17, 15) is 4.79 Å². The summed E-state index contributed by atoms with van der Waals surface area (Å²) in [6, 6.07) is 0. The molecule has 0 radical (unpaired) electrons. The van der Waals surface area contributed by atoms with Crippen LogP contribution in [-0.4, -0.2) is 26.8 Å². The predicted molar refractivity (Wildman–Crippen MR) is 62.2 cm³/mol. The first-order valence-corrected chi connectivity index (χ1v) is 8.15. The number of hydrogen-bond donors (Lipinski definition) is 0. The van der Waals surface area contributed by atoms with Crippen molar-refractivity contribution < 1.29 is 14.0 Å². The maximum atomic E-state index is 11.3. The summed E-state index contributed by atoms with van der Waals surface area (Å²) in [5.74, 6) is 0.00806. The van der Waals surface area contributed by atoms with Gasteiger partial charge in [0.05, 0.1) is 12.9 Å². The van der Waals surface area contributed by atoms with Gasteiger partial charge in [-0.15, -0.1) is 0 Å². The zero-order chi connectivity index (χ0) is 11.7. The van der Waals surface area contributed by atoms with Crippen molar-refractivity contribution >= 4 is 14.1 Å². The van der Waals surface area contributed by atoms with E-state index in [-0.39, 0.29) is 10.8 Å². The third-order valence-corrected chi connectivity index (χ3v) is 7.69. The van der Waals surface area contributed by atoms with Crippen molar-refractivity contribution in [3.63, 3.8) is 0 Å². The Balaban J connectivity index is 2.47. The number of rotatable bonds is 3. The molecule has 1 aliphatic heterocycles. The topological polar surface area (TPSA) is 35.5 Å². The summed E-state index contributed by atoms with van der Waals surface area (Å²) < 4.78 is 11.0. The average molecular weight is 228 g/mol. The van der Waals surface area contributed by atoms with Gasteiger partial charge < -0.3 is 9.16 Å². The molecule has 4 heteroatoms. The Kier molecular flexibility index (Phi) is 3.40. The first kappa shape index (κ1) is 12.5. The van der Waals surface area contributed by atoms with E-state index in [4.69, 9.17) is 9.16 Å². The van der Waals surface area contributed by atoms with Crippen LogP contribution in [0.2, 0.25) is 18.1 Å². The van der Waals surface area contributed by atoms with E-state index in [0.717, 1.165) is 0 Å². The number of ketones is 1. The molecule has 0 aromatic heterocycles. The monoisotopic (exact) mass is 228 g/mol. The van der Waals surface area contributed by atoms with Gasteiger partial charge in [0.25, 0.3) is 0 Å². The van der Waals surface area contributed by atoms with Crippen LogP contribution in [0.5, 0.6) is 0 Å². The van der Waals surface area contributed by atoms with Crippen molar-refractivity contribution in [2.75, 3.05) is 6.61 Å². The molecule has 1 unspecified atom stereocenters. The highest BCUT2D eigenvalue weighted by atomic mass is 28.4. The van der Waals surface area contributed by atoms with Gasteiger partial charge in [-0.05, 0) is 18.1 Å². The summed E-state index contributed by atoms with van der Waals surface area (Å²) in [5.41, 5.74) is 0. The smallest absolute Gasteiger partial charge is 0.201 e. The normalized spacial score (nSPS) is 21.9. The van der Waals surface area contributed by atoms with E-state index in [1.165, 1.54) is 12.3 Å². The lowest BCUT2D eigenvalue weighted by molar-refractivity contribution is -0.121. The van der Waals surface area contributed by atoms with Crippen molar-refractivity contribution in [3.8, 4) is 0 Å². The fourth-order valence-electron chi connectivity index (χ4n) is 0.998. The van der Waals surface area contributed by atoms with E-state index in [2.05, 4.69) is 33.9 Å². The second-order valence-corrected chi connectivity index (χ2v) is 10.2. The molecule has 0 amide bonds. The Morgan fingerprint density at radius 3 is 2.47 bits per heavy atom. The number of carbonyl (C=O) groups is 1. The van der Waals surface area contributed by atoms with Gasteiger partial charge in [0.1, 0.15) is 0 Å². The van der Waals surface area contributed by atoms with Crippen molar-refractivity contribution in [1.29, 1.82) is 0 Å². The quantitative estimate of drug-likeness (QED) is 0.696. The fourth-order valence-corrected chi connectivity index (χ4v) is 2.00. The van der Waals surface area contributed by atoms with Crippen LogP contribution in [0.25, 0.3) is 0 Å². The number of hydrogen-bond acceptors (Lipinski definition) is 3. The van der Waals surface area contributed by atoms with Crippen LogP contribution in [0.3, 0.4) is 0 Å². The van der Waals surface area contributed by atoms with Crippen LogP contribution in [0, 0.1) is 0 Å². The molecular formula is C11H20O3Si. The molecule has 1 aliphatic rings. The Morgan fingerprint density at radius 1 is 1.47 bits per heavy atom. The highest BCUT2D eigenvalue weighted by molar-refractivity contribution is 6.74. The van der Waals surface area contributed by atoms with Gasteiger partial charge in [-0.3, -0.25) is 4.79 Å². The minimum Gasteiger partial charge on any atom is -0.487 e. The molecule has 1 heterocycles. The third kappa shape index (κ3) is 2.92. The summed E-state index contributed by atoms with van der Waals surface area (Å²) >= 11 is 0. The van der Waals surface area contributed by atoms with E-state index in [0.29, 0.717) is 6.61 Å². The van der Waals surface area contributed by atoms with Crippen molar-refractivity contribution in [2.45, 2.75) is 45.0 Å². The van der Waals surface area contributed by atoms with E-state index in [1.54, 1.807) is 0 Å². The largest absolute Gasteiger partial charge is 0.487 e. The van der Waals surface area contributed by atoms with Crippen LogP contribution in [-0.2, 0) is 14.0 Å². The molecule has 0 saturated carbocycles. The van der Waals surface area contributed by atoms with Crippen LogP contribution < -0.4 is 0 Å². The molecule has 0 fully saturated rings. The molecule has 0 aliphatic carbocycles. The summed E-state index contributed by atoms with van der Waals surface area (Å²) in [6.45, 7) is 11.2. The molecule has 0 aromatic rings. The fraction of sp³-hybridized carbons (Fsp3) is 0.727. The minimum absolute atomic E-state index is 0.00806. The van der Waals surface area contributed by atoms with Gasteiger partial charge >= 0.3 is 0 Å². The average Bonchev–Trinajstić information content (AvgIpc) is 2.46. The maximum Gasteiger partial charge on any atom is 0.201 e. The Bertz CT molecular complexity index is 276. The highest BCUT2D eigenvalue weighted by Crippen LogP contribution is 2.36. The maximum absolute atomic E-state index is 11.3. The Morgan fingerprint density at radius 2 is 2.07 bits per heavy atom. The number of ether oxygens (including phenoxy) is 1. The summed E-state index contributed by atoms with van der Waals surface area (Å²) in [6.07, 6.45) is 2.49. The SMILES string of the molecule is CC(C)(C)[Si](C)(C)OCC1OC=CC1=O.